The van der Waals surface area contributed by atoms with Crippen molar-refractivity contribution in [3.05, 3.63) is 28.8 Å². The predicted octanol–water partition coefficient (Wildman–Crippen LogP) is 3.93. The van der Waals surface area contributed by atoms with E-state index in [0.717, 1.165) is 12.8 Å². The first-order chi connectivity index (χ1) is 10.8. The van der Waals surface area contributed by atoms with E-state index in [1.165, 1.54) is 0 Å². The largest absolute Gasteiger partial charge is 0.490 e. The first kappa shape index (κ1) is 17.6. The van der Waals surface area contributed by atoms with Crippen LogP contribution in [0.1, 0.15) is 44.0 Å². The highest BCUT2D eigenvalue weighted by Crippen LogP contribution is 2.25. The van der Waals surface area contributed by atoms with E-state index in [-0.39, 0.29) is 12.2 Å². The monoisotopic (exact) mass is 339 g/mol. The number of amides is 1. The van der Waals surface area contributed by atoms with Gasteiger partial charge in [-0.3, -0.25) is 4.79 Å². The summed E-state index contributed by atoms with van der Waals surface area (Å²) >= 11 is 5.99. The molecule has 0 unspecified atom stereocenters. The molecule has 1 aliphatic heterocycles. The number of piperidine rings is 1. The molecule has 0 aromatic heterocycles. The smallest absolute Gasteiger partial charge is 0.410 e. The molecular formula is C17H22ClNO4. The Hall–Kier alpha value is -1.75. The van der Waals surface area contributed by atoms with Crippen molar-refractivity contribution in [2.24, 2.45) is 0 Å². The minimum atomic E-state index is -0.485. The van der Waals surface area contributed by atoms with Crippen LogP contribution >= 0.6 is 11.6 Å². The van der Waals surface area contributed by atoms with Gasteiger partial charge in [-0.25, -0.2) is 4.79 Å². The van der Waals surface area contributed by atoms with Crippen LogP contribution in [-0.2, 0) is 4.74 Å². The molecule has 1 saturated heterocycles. The van der Waals surface area contributed by atoms with Gasteiger partial charge in [0.05, 0.1) is 5.02 Å². The minimum absolute atomic E-state index is 0.0202. The van der Waals surface area contributed by atoms with Crippen LogP contribution in [0, 0.1) is 0 Å². The number of hydrogen-bond donors (Lipinski definition) is 0. The molecule has 6 heteroatoms. The highest BCUT2D eigenvalue weighted by atomic mass is 35.5. The van der Waals surface area contributed by atoms with E-state index in [9.17, 15) is 9.59 Å². The van der Waals surface area contributed by atoms with E-state index >= 15 is 0 Å². The van der Waals surface area contributed by atoms with E-state index in [1.807, 2.05) is 20.8 Å². The van der Waals surface area contributed by atoms with Gasteiger partial charge < -0.3 is 14.4 Å². The van der Waals surface area contributed by atoms with Gasteiger partial charge >= 0.3 is 6.09 Å². The van der Waals surface area contributed by atoms with E-state index in [2.05, 4.69) is 0 Å². The van der Waals surface area contributed by atoms with Gasteiger partial charge in [0, 0.05) is 31.5 Å². The fourth-order valence-corrected chi connectivity index (χ4v) is 2.57. The maximum absolute atomic E-state index is 12.0. The van der Waals surface area contributed by atoms with Gasteiger partial charge in [-0.1, -0.05) is 11.6 Å². The average molecular weight is 340 g/mol. The predicted molar refractivity (Wildman–Crippen MR) is 88.3 cm³/mol. The highest BCUT2D eigenvalue weighted by molar-refractivity contribution is 6.33. The maximum Gasteiger partial charge on any atom is 0.410 e. The number of hydrogen-bond acceptors (Lipinski definition) is 4. The third-order valence-electron chi connectivity index (χ3n) is 3.50. The maximum atomic E-state index is 12.0. The van der Waals surface area contributed by atoms with Crippen LogP contribution in [-0.4, -0.2) is 42.1 Å². The molecule has 126 valence electrons. The number of halogens is 1. The number of benzene rings is 1. The summed E-state index contributed by atoms with van der Waals surface area (Å²) in [5.74, 6) is 0.635. The van der Waals surface area contributed by atoms with Crippen LogP contribution < -0.4 is 4.74 Å². The van der Waals surface area contributed by atoms with Crippen molar-refractivity contribution in [3.8, 4) is 5.75 Å². The first-order valence-corrected chi connectivity index (χ1v) is 8.05. The Bertz CT molecular complexity index is 574. The Morgan fingerprint density at radius 2 is 1.96 bits per heavy atom. The topological polar surface area (TPSA) is 55.8 Å². The van der Waals surface area contributed by atoms with Gasteiger partial charge in [0.25, 0.3) is 0 Å². The zero-order valence-electron chi connectivity index (χ0n) is 13.7. The normalized spacial score (nSPS) is 16.1. The molecule has 1 heterocycles. The molecule has 0 spiro atoms. The Morgan fingerprint density at radius 3 is 2.48 bits per heavy atom. The molecule has 0 bridgehead atoms. The Kier molecular flexibility index (Phi) is 5.52. The Balaban J connectivity index is 1.86. The van der Waals surface area contributed by atoms with Gasteiger partial charge in [0.2, 0.25) is 0 Å². The third-order valence-corrected chi connectivity index (χ3v) is 3.82. The highest BCUT2D eigenvalue weighted by Gasteiger charge is 2.27. The standard InChI is InChI=1S/C17H22ClNO4/c1-17(2,3)23-16(21)19-8-6-13(7-9-19)22-14-5-4-12(11-20)15(18)10-14/h4-5,10-11,13H,6-9H2,1-3H3. The lowest BCUT2D eigenvalue weighted by molar-refractivity contribution is 0.0126. The fourth-order valence-electron chi connectivity index (χ4n) is 2.35. The lowest BCUT2D eigenvalue weighted by atomic mass is 10.1. The molecule has 23 heavy (non-hydrogen) atoms. The van der Waals surface area contributed by atoms with Crippen molar-refractivity contribution in [3.63, 3.8) is 0 Å². The van der Waals surface area contributed by atoms with E-state index in [4.69, 9.17) is 21.1 Å². The number of nitrogens with zero attached hydrogens (tertiary/aromatic N) is 1. The van der Waals surface area contributed by atoms with Crippen molar-refractivity contribution in [2.75, 3.05) is 13.1 Å². The van der Waals surface area contributed by atoms with Gasteiger partial charge in [0.15, 0.2) is 6.29 Å². The summed E-state index contributed by atoms with van der Waals surface area (Å²) in [5.41, 5.74) is -0.0413. The summed E-state index contributed by atoms with van der Waals surface area (Å²) in [4.78, 5) is 24.5. The molecule has 5 nitrogen and oxygen atoms in total. The van der Waals surface area contributed by atoms with Crippen molar-refractivity contribution < 1.29 is 19.1 Å². The number of likely N-dealkylation sites (tertiary alicyclic amines) is 1. The Morgan fingerprint density at radius 1 is 1.30 bits per heavy atom. The quantitative estimate of drug-likeness (QED) is 0.783. The molecule has 0 atom stereocenters. The second-order valence-corrected chi connectivity index (χ2v) is 6.99. The molecule has 1 amide bonds. The fraction of sp³-hybridized carbons (Fsp3) is 0.529. The summed E-state index contributed by atoms with van der Waals surface area (Å²) in [6.07, 6.45) is 1.91. The number of rotatable bonds is 3. The lowest BCUT2D eigenvalue weighted by Crippen LogP contribution is -2.44. The minimum Gasteiger partial charge on any atom is -0.490 e. The van der Waals surface area contributed by atoms with Crippen LogP contribution in [0.2, 0.25) is 5.02 Å². The average Bonchev–Trinajstić information content (AvgIpc) is 2.46. The molecule has 2 rings (SSSR count). The molecule has 0 aliphatic carbocycles. The SMILES string of the molecule is CC(C)(C)OC(=O)N1CCC(Oc2ccc(C=O)c(Cl)c2)CC1. The molecular weight excluding hydrogens is 318 g/mol. The van der Waals surface area contributed by atoms with Gasteiger partial charge in [-0.2, -0.15) is 0 Å². The third kappa shape index (κ3) is 5.13. The molecule has 1 aliphatic rings. The first-order valence-electron chi connectivity index (χ1n) is 7.68. The summed E-state index contributed by atoms with van der Waals surface area (Å²) in [6.45, 7) is 6.76. The van der Waals surface area contributed by atoms with Crippen molar-refractivity contribution in [2.45, 2.75) is 45.3 Å². The zero-order chi connectivity index (χ0) is 17.0. The van der Waals surface area contributed by atoms with Crippen LogP contribution in [0.4, 0.5) is 4.79 Å². The lowest BCUT2D eigenvalue weighted by Gasteiger charge is -2.33. The van der Waals surface area contributed by atoms with Gasteiger partial charge in [0.1, 0.15) is 17.5 Å². The van der Waals surface area contributed by atoms with E-state index < -0.39 is 5.60 Å². The Labute approximate surface area is 141 Å². The van der Waals surface area contributed by atoms with Crippen molar-refractivity contribution in [1.82, 2.24) is 4.90 Å². The van der Waals surface area contributed by atoms with Crippen molar-refractivity contribution >= 4 is 24.0 Å². The van der Waals surface area contributed by atoms with Crippen LogP contribution in [0.5, 0.6) is 5.75 Å². The number of carbonyl (C=O) groups is 2. The molecule has 0 saturated carbocycles. The summed E-state index contributed by atoms with van der Waals surface area (Å²) in [5, 5.41) is 0.378. The van der Waals surface area contributed by atoms with E-state index in [0.29, 0.717) is 35.7 Å². The summed E-state index contributed by atoms with van der Waals surface area (Å²) < 4.78 is 11.3. The number of ether oxygens (including phenoxy) is 2. The number of carbonyl (C=O) groups excluding carboxylic acids is 2. The van der Waals surface area contributed by atoms with Gasteiger partial charge in [-0.15, -0.1) is 0 Å². The second-order valence-electron chi connectivity index (χ2n) is 6.59. The molecule has 0 radical (unpaired) electrons. The van der Waals surface area contributed by atoms with Crippen LogP contribution in [0.15, 0.2) is 18.2 Å². The molecule has 1 aromatic rings. The second kappa shape index (κ2) is 7.21. The molecule has 1 fully saturated rings. The van der Waals surface area contributed by atoms with Gasteiger partial charge in [-0.05, 0) is 39.0 Å². The molecule has 1 aromatic carbocycles. The van der Waals surface area contributed by atoms with E-state index in [1.54, 1.807) is 23.1 Å². The summed E-state index contributed by atoms with van der Waals surface area (Å²) in [7, 11) is 0. The zero-order valence-corrected chi connectivity index (χ0v) is 14.4. The summed E-state index contributed by atoms with van der Waals surface area (Å²) in [6, 6.07) is 5.02. The van der Waals surface area contributed by atoms with Crippen LogP contribution in [0.3, 0.4) is 0 Å². The van der Waals surface area contributed by atoms with Crippen LogP contribution in [0.25, 0.3) is 0 Å². The molecule has 0 N–H and O–H groups in total. The number of aldehydes is 1. The van der Waals surface area contributed by atoms with Crippen molar-refractivity contribution in [1.29, 1.82) is 0 Å².